The molecule has 1 heterocycles. The number of nitrogens with one attached hydrogen (secondary N) is 1. The lowest BCUT2D eigenvalue weighted by Gasteiger charge is -2.21. The van der Waals surface area contributed by atoms with Crippen molar-refractivity contribution in [1.29, 1.82) is 0 Å². The average Bonchev–Trinajstić information content (AvgIpc) is 2.81. The molecule has 0 spiro atoms. The van der Waals surface area contributed by atoms with E-state index in [4.69, 9.17) is 0 Å². The summed E-state index contributed by atoms with van der Waals surface area (Å²) in [6.07, 6.45) is 1.84. The van der Waals surface area contributed by atoms with Gasteiger partial charge in [0.1, 0.15) is 11.6 Å². The lowest BCUT2D eigenvalue weighted by molar-refractivity contribution is 0.409. The zero-order chi connectivity index (χ0) is 14.0. The molecular weight excluding hydrogens is 274 g/mol. The second kappa shape index (κ2) is 5.52. The molecule has 106 valence electrons. The molecule has 1 aliphatic heterocycles. The van der Waals surface area contributed by atoms with Crippen LogP contribution in [0, 0.1) is 11.6 Å². The topological polar surface area (TPSA) is 49.4 Å². The Morgan fingerprint density at radius 2 is 2.00 bits per heavy atom. The van der Waals surface area contributed by atoms with E-state index >= 15 is 0 Å². The molecule has 0 amide bonds. The summed E-state index contributed by atoms with van der Waals surface area (Å²) in [5.74, 6) is -2.13. The van der Waals surface area contributed by atoms with Crippen molar-refractivity contribution in [3.05, 3.63) is 29.8 Å². The number of likely N-dealkylation sites (N-methyl/N-ethyl adjacent to an activating group) is 1. The van der Waals surface area contributed by atoms with Crippen molar-refractivity contribution in [2.75, 3.05) is 20.1 Å². The number of nitrogens with zero attached hydrogens (tertiary/aromatic N) is 1. The van der Waals surface area contributed by atoms with Gasteiger partial charge in [0.15, 0.2) is 4.90 Å². The number of sulfonamides is 1. The van der Waals surface area contributed by atoms with Gasteiger partial charge < -0.3 is 5.32 Å². The van der Waals surface area contributed by atoms with Gasteiger partial charge in [-0.2, -0.15) is 4.31 Å². The summed E-state index contributed by atoms with van der Waals surface area (Å²) in [7, 11) is -2.81. The molecule has 1 aromatic carbocycles. The molecule has 2 rings (SSSR count). The van der Waals surface area contributed by atoms with Gasteiger partial charge >= 0.3 is 0 Å². The van der Waals surface area contributed by atoms with Gasteiger partial charge in [0.05, 0.1) is 0 Å². The highest BCUT2D eigenvalue weighted by atomic mass is 32.2. The maximum absolute atomic E-state index is 13.6. The molecule has 1 atom stereocenters. The first-order chi connectivity index (χ1) is 8.93. The summed E-state index contributed by atoms with van der Waals surface area (Å²) in [6.45, 7) is 1.04. The summed E-state index contributed by atoms with van der Waals surface area (Å²) in [4.78, 5) is -0.879. The fraction of sp³-hybridized carbons (Fsp3) is 0.500. The van der Waals surface area contributed by atoms with E-state index in [-0.39, 0.29) is 12.6 Å². The molecular formula is C12H16F2N2O2S. The Labute approximate surface area is 111 Å². The Balaban J connectivity index is 2.26. The Hall–Kier alpha value is -1.05. The summed E-state index contributed by atoms with van der Waals surface area (Å²) >= 11 is 0. The van der Waals surface area contributed by atoms with Crippen molar-refractivity contribution in [3.63, 3.8) is 0 Å². The van der Waals surface area contributed by atoms with Crippen molar-refractivity contribution in [1.82, 2.24) is 9.62 Å². The summed E-state index contributed by atoms with van der Waals surface area (Å²) in [5, 5.41) is 3.15. The first-order valence-corrected chi connectivity index (χ1v) is 7.50. The predicted octanol–water partition coefficient (Wildman–Crippen LogP) is 1.34. The average molecular weight is 290 g/mol. The minimum atomic E-state index is -4.14. The minimum Gasteiger partial charge on any atom is -0.313 e. The highest BCUT2D eigenvalue weighted by Crippen LogP contribution is 2.22. The van der Waals surface area contributed by atoms with Gasteiger partial charge in [0, 0.05) is 19.6 Å². The van der Waals surface area contributed by atoms with Crippen LogP contribution in [0.3, 0.4) is 0 Å². The SMILES string of the molecule is CN(CC1CCCN1)S(=O)(=O)c1c(F)cccc1F. The summed E-state index contributed by atoms with van der Waals surface area (Å²) in [5.41, 5.74) is 0. The van der Waals surface area contributed by atoms with Crippen LogP contribution in [0.1, 0.15) is 12.8 Å². The van der Waals surface area contributed by atoms with Crippen LogP contribution in [0.15, 0.2) is 23.1 Å². The molecule has 0 saturated carbocycles. The Kier molecular flexibility index (Phi) is 4.17. The van der Waals surface area contributed by atoms with E-state index in [1.54, 1.807) is 0 Å². The lowest BCUT2D eigenvalue weighted by Crippen LogP contribution is -2.39. The number of halogens is 2. The van der Waals surface area contributed by atoms with Crippen molar-refractivity contribution >= 4 is 10.0 Å². The number of hydrogen-bond acceptors (Lipinski definition) is 3. The smallest absolute Gasteiger partial charge is 0.248 e. The third-order valence-electron chi connectivity index (χ3n) is 3.23. The molecule has 1 aromatic rings. The van der Waals surface area contributed by atoms with Gasteiger partial charge in [0.2, 0.25) is 10.0 Å². The Morgan fingerprint density at radius 3 is 2.53 bits per heavy atom. The van der Waals surface area contributed by atoms with Crippen molar-refractivity contribution in [2.45, 2.75) is 23.8 Å². The van der Waals surface area contributed by atoms with Crippen LogP contribution in [-0.4, -0.2) is 38.9 Å². The van der Waals surface area contributed by atoms with Crippen LogP contribution in [0.4, 0.5) is 8.78 Å². The Bertz CT molecular complexity index is 537. The van der Waals surface area contributed by atoms with E-state index < -0.39 is 26.6 Å². The summed E-state index contributed by atoms with van der Waals surface area (Å²) < 4.78 is 52.5. The van der Waals surface area contributed by atoms with Crippen LogP contribution in [0.25, 0.3) is 0 Å². The monoisotopic (exact) mass is 290 g/mol. The van der Waals surface area contributed by atoms with Crippen LogP contribution in [0.5, 0.6) is 0 Å². The molecule has 1 aliphatic rings. The molecule has 0 aliphatic carbocycles. The number of rotatable bonds is 4. The Morgan fingerprint density at radius 1 is 1.37 bits per heavy atom. The maximum Gasteiger partial charge on any atom is 0.248 e. The molecule has 1 unspecified atom stereocenters. The zero-order valence-electron chi connectivity index (χ0n) is 10.6. The predicted molar refractivity (Wildman–Crippen MR) is 67.2 cm³/mol. The summed E-state index contributed by atoms with van der Waals surface area (Å²) in [6, 6.07) is 3.06. The van der Waals surface area contributed by atoms with Gasteiger partial charge in [-0.1, -0.05) is 6.07 Å². The first-order valence-electron chi connectivity index (χ1n) is 6.06. The molecule has 0 aromatic heterocycles. The molecule has 7 heteroatoms. The minimum absolute atomic E-state index is 0.0367. The molecule has 1 N–H and O–H groups in total. The van der Waals surface area contributed by atoms with Gasteiger partial charge in [-0.15, -0.1) is 0 Å². The van der Waals surface area contributed by atoms with Gasteiger partial charge in [-0.05, 0) is 31.5 Å². The van der Waals surface area contributed by atoms with Crippen LogP contribution >= 0.6 is 0 Å². The highest BCUT2D eigenvalue weighted by molar-refractivity contribution is 7.89. The van der Waals surface area contributed by atoms with Crippen molar-refractivity contribution in [3.8, 4) is 0 Å². The molecule has 1 fully saturated rings. The zero-order valence-corrected chi connectivity index (χ0v) is 11.4. The van der Waals surface area contributed by atoms with E-state index in [1.807, 2.05) is 0 Å². The standard InChI is InChI=1S/C12H16F2N2O2S/c1-16(8-9-4-3-7-15-9)19(17,18)12-10(13)5-2-6-11(12)14/h2,5-6,9,15H,3-4,7-8H2,1H3. The van der Waals surface area contributed by atoms with Gasteiger partial charge in [0.25, 0.3) is 0 Å². The van der Waals surface area contributed by atoms with Crippen LogP contribution in [-0.2, 0) is 10.0 Å². The number of hydrogen-bond donors (Lipinski definition) is 1. The van der Waals surface area contributed by atoms with Crippen molar-refractivity contribution < 1.29 is 17.2 Å². The maximum atomic E-state index is 13.6. The van der Waals surface area contributed by atoms with E-state index in [0.717, 1.165) is 41.9 Å². The van der Waals surface area contributed by atoms with Gasteiger partial charge in [-0.25, -0.2) is 17.2 Å². The molecule has 0 bridgehead atoms. The molecule has 19 heavy (non-hydrogen) atoms. The fourth-order valence-electron chi connectivity index (χ4n) is 2.21. The molecule has 1 saturated heterocycles. The molecule has 0 radical (unpaired) electrons. The van der Waals surface area contributed by atoms with Crippen molar-refractivity contribution in [2.24, 2.45) is 0 Å². The fourth-order valence-corrected chi connectivity index (χ4v) is 3.52. The molecule has 4 nitrogen and oxygen atoms in total. The number of benzene rings is 1. The third-order valence-corrected chi connectivity index (χ3v) is 5.10. The first kappa shape index (κ1) is 14.4. The van der Waals surface area contributed by atoms with E-state index in [2.05, 4.69) is 5.32 Å². The van der Waals surface area contributed by atoms with E-state index in [9.17, 15) is 17.2 Å². The van der Waals surface area contributed by atoms with E-state index in [0.29, 0.717) is 0 Å². The largest absolute Gasteiger partial charge is 0.313 e. The second-order valence-electron chi connectivity index (χ2n) is 4.63. The van der Waals surface area contributed by atoms with Gasteiger partial charge in [-0.3, -0.25) is 0 Å². The normalized spacial score (nSPS) is 20.1. The lowest BCUT2D eigenvalue weighted by atomic mass is 10.2. The highest BCUT2D eigenvalue weighted by Gasteiger charge is 2.30. The third kappa shape index (κ3) is 2.93. The van der Waals surface area contributed by atoms with Crippen LogP contribution < -0.4 is 5.32 Å². The second-order valence-corrected chi connectivity index (χ2v) is 6.61. The van der Waals surface area contributed by atoms with Crippen LogP contribution in [0.2, 0.25) is 0 Å². The quantitative estimate of drug-likeness (QED) is 0.910. The van der Waals surface area contributed by atoms with E-state index in [1.165, 1.54) is 7.05 Å².